The van der Waals surface area contributed by atoms with E-state index in [2.05, 4.69) is 20.8 Å². The number of aromatic nitrogens is 2. The van der Waals surface area contributed by atoms with Gasteiger partial charge < -0.3 is 20.8 Å². The molecule has 1 aliphatic carbocycles. The number of nitrogens with one attached hydrogen (secondary N) is 3. The van der Waals surface area contributed by atoms with Crippen LogP contribution in [-0.4, -0.2) is 34.6 Å². The Labute approximate surface area is 138 Å². The molecule has 2 aromatic rings. The summed E-state index contributed by atoms with van der Waals surface area (Å²) in [5.41, 5.74) is 8.48. The van der Waals surface area contributed by atoms with Crippen LogP contribution in [0.4, 0.5) is 5.69 Å². The normalized spacial score (nSPS) is 19.4. The quantitative estimate of drug-likeness (QED) is 0.667. The number of furan rings is 1. The standard InChI is InChI=1S/C16H19N5O3/c17-15(22)14-12(20-16(23)11-5-2-6-18-11)8-3-1-4-10-9(7-19-21-10)13(8)24-14/h7,11,18H,1-6H2,(H2,17,22)(H,19,21)(H,20,23)/t11-/m0/s1. The van der Waals surface area contributed by atoms with E-state index in [0.717, 1.165) is 49.0 Å². The third-order valence-electron chi connectivity index (χ3n) is 4.67. The summed E-state index contributed by atoms with van der Waals surface area (Å²) in [6.07, 6.45) is 5.82. The van der Waals surface area contributed by atoms with Crippen LogP contribution in [0.25, 0.3) is 11.3 Å². The average molecular weight is 329 g/mol. The van der Waals surface area contributed by atoms with E-state index >= 15 is 0 Å². The van der Waals surface area contributed by atoms with Crippen LogP contribution in [0.2, 0.25) is 0 Å². The van der Waals surface area contributed by atoms with Gasteiger partial charge in [-0.05, 0) is 38.6 Å². The molecule has 126 valence electrons. The molecule has 0 spiro atoms. The number of hydrogen-bond donors (Lipinski definition) is 4. The maximum absolute atomic E-state index is 12.5. The summed E-state index contributed by atoms with van der Waals surface area (Å²) in [7, 11) is 0. The Morgan fingerprint density at radius 1 is 1.33 bits per heavy atom. The van der Waals surface area contributed by atoms with Gasteiger partial charge in [-0.2, -0.15) is 5.10 Å². The van der Waals surface area contributed by atoms with Crippen LogP contribution in [0.3, 0.4) is 0 Å². The number of primary amides is 1. The number of fused-ring (bicyclic) bond motifs is 3. The number of anilines is 1. The van der Waals surface area contributed by atoms with E-state index in [-0.39, 0.29) is 17.7 Å². The SMILES string of the molecule is NC(=O)c1oc2c(c1NC(=O)[C@@H]1CCCN1)CCCc1[nH]ncc1-2. The monoisotopic (exact) mass is 329 g/mol. The predicted octanol–water partition coefficient (Wildman–Crippen LogP) is 0.948. The lowest BCUT2D eigenvalue weighted by molar-refractivity contribution is -0.117. The molecule has 1 fully saturated rings. The first kappa shape index (κ1) is 14.9. The summed E-state index contributed by atoms with van der Waals surface area (Å²) in [4.78, 5) is 24.3. The van der Waals surface area contributed by atoms with Crippen molar-refractivity contribution >= 4 is 17.5 Å². The fraction of sp³-hybridized carbons (Fsp3) is 0.438. The van der Waals surface area contributed by atoms with Crippen molar-refractivity contribution in [2.75, 3.05) is 11.9 Å². The minimum Gasteiger partial charge on any atom is -0.448 e. The Balaban J connectivity index is 1.76. The fourth-order valence-electron chi connectivity index (χ4n) is 3.49. The number of H-pyrrole nitrogens is 1. The Morgan fingerprint density at radius 2 is 2.21 bits per heavy atom. The first-order valence-corrected chi connectivity index (χ1v) is 8.17. The van der Waals surface area contributed by atoms with E-state index in [4.69, 9.17) is 10.2 Å². The minimum atomic E-state index is -0.692. The van der Waals surface area contributed by atoms with Crippen LogP contribution in [0.15, 0.2) is 10.6 Å². The van der Waals surface area contributed by atoms with Gasteiger partial charge in [0.05, 0.1) is 23.5 Å². The van der Waals surface area contributed by atoms with Crippen LogP contribution in [-0.2, 0) is 17.6 Å². The summed E-state index contributed by atoms with van der Waals surface area (Å²) in [6, 6.07) is -0.244. The number of hydrogen-bond acceptors (Lipinski definition) is 5. The zero-order chi connectivity index (χ0) is 16.7. The van der Waals surface area contributed by atoms with Crippen molar-refractivity contribution in [3.8, 4) is 11.3 Å². The van der Waals surface area contributed by atoms with E-state index in [1.807, 2.05) is 0 Å². The second kappa shape index (κ2) is 5.79. The molecule has 5 N–H and O–H groups in total. The average Bonchev–Trinajstić information content (AvgIpc) is 3.26. The topological polar surface area (TPSA) is 126 Å². The maximum atomic E-state index is 12.5. The Bertz CT molecular complexity index is 801. The summed E-state index contributed by atoms with van der Waals surface area (Å²) < 4.78 is 5.76. The summed E-state index contributed by atoms with van der Waals surface area (Å²) in [6.45, 7) is 0.822. The van der Waals surface area contributed by atoms with Crippen LogP contribution in [0, 0.1) is 0 Å². The molecule has 8 nitrogen and oxygen atoms in total. The van der Waals surface area contributed by atoms with Gasteiger partial charge in [-0.15, -0.1) is 0 Å². The van der Waals surface area contributed by atoms with Crippen LogP contribution in [0.5, 0.6) is 0 Å². The van der Waals surface area contributed by atoms with Crippen molar-refractivity contribution in [1.29, 1.82) is 0 Å². The Kier molecular flexibility index (Phi) is 3.61. The number of aromatic amines is 1. The molecular formula is C16H19N5O3. The number of carbonyl (C=O) groups is 2. The first-order chi connectivity index (χ1) is 11.6. The molecule has 1 aliphatic heterocycles. The van der Waals surface area contributed by atoms with Crippen molar-refractivity contribution in [2.24, 2.45) is 5.73 Å². The van der Waals surface area contributed by atoms with Crippen LogP contribution < -0.4 is 16.4 Å². The van der Waals surface area contributed by atoms with Crippen molar-refractivity contribution in [3.05, 3.63) is 23.2 Å². The highest BCUT2D eigenvalue weighted by molar-refractivity contribution is 6.04. The van der Waals surface area contributed by atoms with Crippen molar-refractivity contribution in [1.82, 2.24) is 15.5 Å². The molecule has 0 radical (unpaired) electrons. The zero-order valence-corrected chi connectivity index (χ0v) is 13.1. The van der Waals surface area contributed by atoms with Crippen molar-refractivity contribution in [3.63, 3.8) is 0 Å². The van der Waals surface area contributed by atoms with Gasteiger partial charge in [0.15, 0.2) is 0 Å². The van der Waals surface area contributed by atoms with E-state index < -0.39 is 5.91 Å². The molecule has 4 rings (SSSR count). The van der Waals surface area contributed by atoms with Gasteiger partial charge in [-0.3, -0.25) is 14.7 Å². The number of nitrogens with zero attached hydrogens (tertiary/aromatic N) is 1. The molecule has 1 atom stereocenters. The van der Waals surface area contributed by atoms with Crippen LogP contribution >= 0.6 is 0 Å². The molecule has 0 bridgehead atoms. The molecule has 0 unspecified atom stereocenters. The third kappa shape index (κ3) is 2.39. The molecule has 2 amide bonds. The van der Waals surface area contributed by atoms with Gasteiger partial charge in [0.25, 0.3) is 5.91 Å². The predicted molar refractivity (Wildman–Crippen MR) is 86.5 cm³/mol. The minimum absolute atomic E-state index is 0.000368. The number of aryl methyl sites for hydroxylation is 1. The zero-order valence-electron chi connectivity index (χ0n) is 13.1. The van der Waals surface area contributed by atoms with Gasteiger partial charge in [0.1, 0.15) is 5.76 Å². The largest absolute Gasteiger partial charge is 0.448 e. The van der Waals surface area contributed by atoms with E-state index in [9.17, 15) is 9.59 Å². The van der Waals surface area contributed by atoms with Gasteiger partial charge in [-0.25, -0.2) is 0 Å². The number of rotatable bonds is 3. The summed E-state index contributed by atoms with van der Waals surface area (Å²) in [5.74, 6) is -0.279. The number of carbonyl (C=O) groups excluding carboxylic acids is 2. The fourth-order valence-corrected chi connectivity index (χ4v) is 3.49. The van der Waals surface area contributed by atoms with Crippen LogP contribution in [0.1, 0.15) is 41.1 Å². The van der Waals surface area contributed by atoms with E-state index in [0.29, 0.717) is 17.9 Å². The lowest BCUT2D eigenvalue weighted by Gasteiger charge is -2.12. The molecule has 2 aliphatic rings. The summed E-state index contributed by atoms with van der Waals surface area (Å²) >= 11 is 0. The molecule has 0 saturated carbocycles. The number of amides is 2. The highest BCUT2D eigenvalue weighted by Crippen LogP contribution is 2.39. The van der Waals surface area contributed by atoms with Gasteiger partial charge in [0.2, 0.25) is 11.7 Å². The third-order valence-corrected chi connectivity index (χ3v) is 4.67. The second-order valence-electron chi connectivity index (χ2n) is 6.23. The van der Waals surface area contributed by atoms with E-state index in [1.165, 1.54) is 0 Å². The van der Waals surface area contributed by atoms with Gasteiger partial charge in [-0.1, -0.05) is 0 Å². The molecule has 8 heteroatoms. The lowest BCUT2D eigenvalue weighted by Crippen LogP contribution is -2.36. The molecule has 1 saturated heterocycles. The smallest absolute Gasteiger partial charge is 0.286 e. The Hall–Kier alpha value is -2.61. The highest BCUT2D eigenvalue weighted by atomic mass is 16.4. The van der Waals surface area contributed by atoms with Crippen molar-refractivity contribution in [2.45, 2.75) is 38.1 Å². The molecule has 24 heavy (non-hydrogen) atoms. The Morgan fingerprint density at radius 3 is 2.96 bits per heavy atom. The van der Waals surface area contributed by atoms with Gasteiger partial charge >= 0.3 is 0 Å². The maximum Gasteiger partial charge on any atom is 0.286 e. The molecule has 2 aromatic heterocycles. The molecule has 3 heterocycles. The lowest BCUT2D eigenvalue weighted by atomic mass is 10.1. The number of nitrogens with two attached hydrogens (primary N) is 1. The molecule has 0 aromatic carbocycles. The van der Waals surface area contributed by atoms with Crippen molar-refractivity contribution < 1.29 is 14.0 Å². The molecular weight excluding hydrogens is 310 g/mol. The second-order valence-corrected chi connectivity index (χ2v) is 6.23. The first-order valence-electron chi connectivity index (χ1n) is 8.17. The summed E-state index contributed by atoms with van der Waals surface area (Å²) in [5, 5.41) is 13.0. The van der Waals surface area contributed by atoms with E-state index in [1.54, 1.807) is 6.20 Å². The van der Waals surface area contributed by atoms with Gasteiger partial charge in [0, 0.05) is 11.3 Å². The highest BCUT2D eigenvalue weighted by Gasteiger charge is 2.31.